The topological polar surface area (TPSA) is 78.3 Å². The van der Waals surface area contributed by atoms with Crippen LogP contribution in [0.15, 0.2) is 64.9 Å². The van der Waals surface area contributed by atoms with E-state index in [9.17, 15) is 4.79 Å². The number of amides is 1. The van der Waals surface area contributed by atoms with Gasteiger partial charge in [-0.1, -0.05) is 12.1 Å². The molecule has 0 aliphatic carbocycles. The molecular formula is C18H16N4O3S. The lowest BCUT2D eigenvalue weighted by Gasteiger charge is -2.25. The maximum atomic E-state index is 12.4. The lowest BCUT2D eigenvalue weighted by atomic mass is 10.2. The zero-order chi connectivity index (χ0) is 17.9. The van der Waals surface area contributed by atoms with Crippen LogP contribution in [0.25, 0.3) is 0 Å². The fraction of sp³-hybridized carbons (Fsp3) is 0.167. The Labute approximate surface area is 154 Å². The van der Waals surface area contributed by atoms with E-state index in [0.29, 0.717) is 17.2 Å². The third-order valence-corrected chi connectivity index (χ3v) is 4.86. The average molecular weight is 368 g/mol. The van der Waals surface area contributed by atoms with E-state index >= 15 is 0 Å². The maximum absolute atomic E-state index is 12.4. The van der Waals surface area contributed by atoms with Gasteiger partial charge < -0.3 is 19.4 Å². The van der Waals surface area contributed by atoms with Crippen molar-refractivity contribution in [2.45, 2.75) is 16.2 Å². The molecule has 0 fully saturated rings. The second kappa shape index (κ2) is 7.09. The number of benzene rings is 2. The molecule has 8 heteroatoms. The molecule has 2 heterocycles. The van der Waals surface area contributed by atoms with Gasteiger partial charge in [-0.05, 0) is 48.2 Å². The number of aryl methyl sites for hydroxylation is 1. The molecule has 2 aromatic carbocycles. The van der Waals surface area contributed by atoms with E-state index in [4.69, 9.17) is 9.47 Å². The van der Waals surface area contributed by atoms with Crippen molar-refractivity contribution in [2.75, 3.05) is 11.9 Å². The standard InChI is InChI=1S/C18H16N4O3S/c1-22-11-19-21-18(22)26-13-8-6-12(7-9-13)20-17(23)16-10-24-14-4-2-3-5-15(14)25-16/h2-9,11,16H,10H2,1H3,(H,20,23)/t16-/m0/s1. The molecule has 0 spiro atoms. The van der Waals surface area contributed by atoms with Crippen molar-refractivity contribution >= 4 is 23.4 Å². The van der Waals surface area contributed by atoms with Gasteiger partial charge in [0, 0.05) is 17.6 Å². The first-order valence-corrected chi connectivity index (χ1v) is 8.82. The SMILES string of the molecule is Cn1cnnc1Sc1ccc(NC(=O)[C@@H]2COc3ccccc3O2)cc1. The van der Waals surface area contributed by atoms with Crippen LogP contribution in [0.3, 0.4) is 0 Å². The molecule has 132 valence electrons. The summed E-state index contributed by atoms with van der Waals surface area (Å²) in [6.45, 7) is 0.183. The zero-order valence-electron chi connectivity index (χ0n) is 14.0. The summed E-state index contributed by atoms with van der Waals surface area (Å²) in [6.07, 6.45) is 0.971. The van der Waals surface area contributed by atoms with Gasteiger partial charge in [0.25, 0.3) is 5.91 Å². The zero-order valence-corrected chi connectivity index (χ0v) is 14.8. The quantitative estimate of drug-likeness (QED) is 0.763. The molecule has 1 amide bonds. The molecule has 0 saturated heterocycles. The summed E-state index contributed by atoms with van der Waals surface area (Å²) >= 11 is 1.50. The van der Waals surface area contributed by atoms with E-state index in [2.05, 4.69) is 15.5 Å². The minimum absolute atomic E-state index is 0.183. The van der Waals surface area contributed by atoms with E-state index in [0.717, 1.165) is 10.1 Å². The first-order chi connectivity index (χ1) is 12.7. The molecule has 1 aliphatic heterocycles. The molecule has 1 N–H and O–H groups in total. The van der Waals surface area contributed by atoms with Crippen LogP contribution in [0.2, 0.25) is 0 Å². The number of hydrogen-bond acceptors (Lipinski definition) is 6. The van der Waals surface area contributed by atoms with Crippen molar-refractivity contribution in [2.24, 2.45) is 7.05 Å². The number of nitrogens with zero attached hydrogens (tertiary/aromatic N) is 3. The highest BCUT2D eigenvalue weighted by Crippen LogP contribution is 2.31. The van der Waals surface area contributed by atoms with Gasteiger partial charge in [0.05, 0.1) is 0 Å². The summed E-state index contributed by atoms with van der Waals surface area (Å²) in [5.41, 5.74) is 0.694. The van der Waals surface area contributed by atoms with Crippen LogP contribution >= 0.6 is 11.8 Å². The lowest BCUT2D eigenvalue weighted by molar-refractivity contribution is -0.125. The fourth-order valence-electron chi connectivity index (χ4n) is 2.45. The molecule has 3 aromatic rings. The Morgan fingerprint density at radius 3 is 2.69 bits per heavy atom. The number of carbonyl (C=O) groups is 1. The molecule has 1 aromatic heterocycles. The Morgan fingerprint density at radius 2 is 1.96 bits per heavy atom. The van der Waals surface area contributed by atoms with E-state index in [1.165, 1.54) is 11.8 Å². The van der Waals surface area contributed by atoms with Crippen LogP contribution in [0.1, 0.15) is 0 Å². The van der Waals surface area contributed by atoms with Gasteiger partial charge in [0.15, 0.2) is 16.7 Å². The second-order valence-electron chi connectivity index (χ2n) is 5.70. The molecular weight excluding hydrogens is 352 g/mol. The van der Waals surface area contributed by atoms with Crippen LogP contribution in [0.4, 0.5) is 5.69 Å². The number of hydrogen-bond donors (Lipinski definition) is 1. The highest BCUT2D eigenvalue weighted by Gasteiger charge is 2.27. The van der Waals surface area contributed by atoms with Gasteiger partial charge >= 0.3 is 0 Å². The number of aromatic nitrogens is 3. The molecule has 4 rings (SSSR count). The van der Waals surface area contributed by atoms with Crippen molar-refractivity contribution < 1.29 is 14.3 Å². The lowest BCUT2D eigenvalue weighted by Crippen LogP contribution is -2.40. The predicted molar refractivity (Wildman–Crippen MR) is 96.6 cm³/mol. The predicted octanol–water partition coefficient (Wildman–Crippen LogP) is 2.74. The molecule has 7 nitrogen and oxygen atoms in total. The van der Waals surface area contributed by atoms with Gasteiger partial charge in [0.1, 0.15) is 12.9 Å². The summed E-state index contributed by atoms with van der Waals surface area (Å²) in [5.74, 6) is 0.990. The van der Waals surface area contributed by atoms with E-state index < -0.39 is 6.10 Å². The minimum atomic E-state index is -0.683. The molecule has 0 unspecified atom stereocenters. The highest BCUT2D eigenvalue weighted by molar-refractivity contribution is 7.99. The van der Waals surface area contributed by atoms with Crippen molar-refractivity contribution in [3.8, 4) is 11.5 Å². The Bertz CT molecular complexity index is 926. The maximum Gasteiger partial charge on any atom is 0.269 e. The van der Waals surface area contributed by atoms with Crippen LogP contribution < -0.4 is 14.8 Å². The highest BCUT2D eigenvalue weighted by atomic mass is 32.2. The summed E-state index contributed by atoms with van der Waals surface area (Å²) in [6, 6.07) is 14.8. The van der Waals surface area contributed by atoms with E-state index in [1.807, 2.05) is 54.1 Å². The Balaban J connectivity index is 1.38. The molecule has 0 bridgehead atoms. The number of anilines is 1. The Morgan fingerprint density at radius 1 is 1.19 bits per heavy atom. The normalized spacial score (nSPS) is 15.5. The van der Waals surface area contributed by atoms with Gasteiger partial charge in [-0.15, -0.1) is 10.2 Å². The van der Waals surface area contributed by atoms with Crippen molar-refractivity contribution in [1.82, 2.24) is 14.8 Å². The summed E-state index contributed by atoms with van der Waals surface area (Å²) in [5, 5.41) is 11.5. The Kier molecular flexibility index (Phi) is 4.49. The smallest absolute Gasteiger partial charge is 0.269 e. The third kappa shape index (κ3) is 3.50. The van der Waals surface area contributed by atoms with Crippen molar-refractivity contribution in [3.63, 3.8) is 0 Å². The second-order valence-corrected chi connectivity index (χ2v) is 6.75. The number of carbonyl (C=O) groups excluding carboxylic acids is 1. The first kappa shape index (κ1) is 16.5. The molecule has 1 atom stereocenters. The largest absolute Gasteiger partial charge is 0.485 e. The van der Waals surface area contributed by atoms with E-state index in [1.54, 1.807) is 12.4 Å². The van der Waals surface area contributed by atoms with Crippen LogP contribution in [0, 0.1) is 0 Å². The van der Waals surface area contributed by atoms with Crippen LogP contribution in [0.5, 0.6) is 11.5 Å². The van der Waals surface area contributed by atoms with Crippen LogP contribution in [-0.2, 0) is 11.8 Å². The molecule has 0 radical (unpaired) electrons. The number of fused-ring (bicyclic) bond motifs is 1. The molecule has 1 aliphatic rings. The summed E-state index contributed by atoms with van der Waals surface area (Å²) < 4.78 is 13.1. The van der Waals surface area contributed by atoms with E-state index in [-0.39, 0.29) is 12.5 Å². The minimum Gasteiger partial charge on any atom is -0.485 e. The third-order valence-electron chi connectivity index (χ3n) is 3.80. The number of ether oxygens (including phenoxy) is 2. The van der Waals surface area contributed by atoms with Crippen molar-refractivity contribution in [1.29, 1.82) is 0 Å². The monoisotopic (exact) mass is 368 g/mol. The molecule has 26 heavy (non-hydrogen) atoms. The number of rotatable bonds is 4. The van der Waals surface area contributed by atoms with Gasteiger partial charge in [-0.3, -0.25) is 4.79 Å². The number of para-hydroxylation sites is 2. The fourth-order valence-corrected chi connectivity index (χ4v) is 3.21. The summed E-state index contributed by atoms with van der Waals surface area (Å²) in [4.78, 5) is 13.4. The molecule has 0 saturated carbocycles. The summed E-state index contributed by atoms with van der Waals surface area (Å²) in [7, 11) is 1.89. The average Bonchev–Trinajstić information content (AvgIpc) is 3.07. The van der Waals surface area contributed by atoms with Gasteiger partial charge in [0.2, 0.25) is 6.10 Å². The van der Waals surface area contributed by atoms with Gasteiger partial charge in [-0.25, -0.2) is 0 Å². The Hall–Kier alpha value is -3.00. The van der Waals surface area contributed by atoms with Gasteiger partial charge in [-0.2, -0.15) is 0 Å². The first-order valence-electron chi connectivity index (χ1n) is 8.00. The number of nitrogens with one attached hydrogen (secondary N) is 1. The van der Waals surface area contributed by atoms with Crippen molar-refractivity contribution in [3.05, 3.63) is 54.9 Å². The van der Waals surface area contributed by atoms with Crippen LogP contribution in [-0.4, -0.2) is 33.4 Å².